The molecule has 15 heteroatoms. The second-order valence-electron chi connectivity index (χ2n) is 17.1. The van der Waals surface area contributed by atoms with Gasteiger partial charge in [0, 0.05) is 54.8 Å². The summed E-state index contributed by atoms with van der Waals surface area (Å²) in [5.41, 5.74) is 2.95. The third-order valence-corrected chi connectivity index (χ3v) is 12.7. The van der Waals surface area contributed by atoms with Crippen LogP contribution >= 0.6 is 0 Å². The Hall–Kier alpha value is -6.38. The van der Waals surface area contributed by atoms with E-state index in [1.807, 2.05) is 67.6 Å². The third-order valence-electron chi connectivity index (χ3n) is 12.7. The number of aromatic nitrogens is 4. The van der Waals surface area contributed by atoms with Gasteiger partial charge in [-0.2, -0.15) is 0 Å². The summed E-state index contributed by atoms with van der Waals surface area (Å²) >= 11 is 0. The number of imidazole rings is 2. The highest BCUT2D eigenvalue weighted by Gasteiger charge is 2.39. The number of hydrogen-bond donors (Lipinski definition) is 5. The lowest BCUT2D eigenvalue weighted by atomic mass is 9.93. The second kappa shape index (κ2) is 17.5. The highest BCUT2D eigenvalue weighted by Crippen LogP contribution is 2.38. The Labute approximate surface area is 358 Å². The van der Waals surface area contributed by atoms with E-state index in [-0.39, 0.29) is 53.1 Å². The fourth-order valence-electron chi connectivity index (χ4n) is 8.80. The van der Waals surface area contributed by atoms with Gasteiger partial charge in [0.15, 0.2) is 0 Å². The maximum absolute atomic E-state index is 15.9. The number of carbonyl (C=O) groups is 4. The molecular formula is C47H51F2N9O4. The summed E-state index contributed by atoms with van der Waals surface area (Å²) in [4.78, 5) is 72.2. The predicted molar refractivity (Wildman–Crippen MR) is 227 cm³/mol. The Morgan fingerprint density at radius 2 is 1.31 bits per heavy atom. The number of piperidine rings is 1. The first-order valence-corrected chi connectivity index (χ1v) is 21.8. The Bertz CT molecular complexity index is 2400. The lowest BCUT2D eigenvalue weighted by molar-refractivity contribution is -0.137. The molecule has 4 fully saturated rings. The molecule has 322 valence electrons. The molecule has 4 atom stereocenters. The average molecular weight is 844 g/mol. The standard InChI is InChI=1S/C47H51F2N9O4/c1-27(52-46(61)39(29-9-4-2-5-10-29)55-44(59)31-14-15-31)42-50-25-36(53-42)28-18-21-57(22-19-28)41-34(48)23-33(24-35(41)49)37-26-51-43(54-37)38-13-8-20-58(38)47(62)40(30-11-6-3-7-12-30)56-45(60)32-16-17-32/h2-7,9-12,23-28,31-32,38-40H,8,13-22H2,1H3,(H,50,53)(H,51,54)(H,52,61)(H,55,59)(H,56,60)/t27-,38-,39+,40+/m0/s1. The van der Waals surface area contributed by atoms with Crippen LogP contribution in [0.2, 0.25) is 0 Å². The molecule has 13 nitrogen and oxygen atoms in total. The van der Waals surface area contributed by atoms with Gasteiger partial charge < -0.3 is 35.7 Å². The van der Waals surface area contributed by atoms with Gasteiger partial charge in [-0.15, -0.1) is 0 Å². The van der Waals surface area contributed by atoms with Gasteiger partial charge in [-0.3, -0.25) is 19.2 Å². The summed E-state index contributed by atoms with van der Waals surface area (Å²) in [6.07, 6.45) is 9.25. The van der Waals surface area contributed by atoms with Crippen molar-refractivity contribution in [2.45, 2.75) is 88.4 Å². The Morgan fingerprint density at radius 3 is 1.92 bits per heavy atom. The number of amides is 4. The number of H-pyrrole nitrogens is 2. The molecule has 4 amide bonds. The lowest BCUT2D eigenvalue weighted by Gasteiger charge is -2.33. The van der Waals surface area contributed by atoms with E-state index in [4.69, 9.17) is 0 Å². The lowest BCUT2D eigenvalue weighted by Crippen LogP contribution is -2.43. The van der Waals surface area contributed by atoms with Gasteiger partial charge in [0.25, 0.3) is 0 Å². The van der Waals surface area contributed by atoms with Crippen molar-refractivity contribution in [1.29, 1.82) is 0 Å². The molecule has 3 aromatic carbocycles. The third kappa shape index (κ3) is 8.84. The number of carbonyl (C=O) groups excluding carboxylic acids is 4. The number of halogens is 2. The number of aromatic amines is 2. The maximum atomic E-state index is 15.9. The van der Waals surface area contributed by atoms with Crippen molar-refractivity contribution in [3.8, 4) is 11.3 Å². The van der Waals surface area contributed by atoms with Crippen LogP contribution in [0.5, 0.6) is 0 Å². The van der Waals surface area contributed by atoms with Crippen LogP contribution in [0.15, 0.2) is 85.2 Å². The molecule has 0 spiro atoms. The number of hydrogen-bond acceptors (Lipinski definition) is 7. The molecule has 62 heavy (non-hydrogen) atoms. The minimum absolute atomic E-state index is 0.0444. The summed E-state index contributed by atoms with van der Waals surface area (Å²) in [5, 5.41) is 8.89. The monoisotopic (exact) mass is 843 g/mol. The summed E-state index contributed by atoms with van der Waals surface area (Å²) in [5.74, 6) is -1.09. The molecular weight excluding hydrogens is 793 g/mol. The highest BCUT2D eigenvalue weighted by atomic mass is 19.1. The molecule has 2 aromatic heterocycles. The van der Waals surface area contributed by atoms with E-state index in [9.17, 15) is 19.2 Å². The quantitative estimate of drug-likeness (QED) is 0.0816. The topological polar surface area (TPSA) is 168 Å². The van der Waals surface area contributed by atoms with Crippen LogP contribution in [0.3, 0.4) is 0 Å². The normalized spacial score (nSPS) is 19.4. The molecule has 4 aliphatic rings. The maximum Gasteiger partial charge on any atom is 0.250 e. The van der Waals surface area contributed by atoms with E-state index in [0.717, 1.165) is 37.8 Å². The smallest absolute Gasteiger partial charge is 0.250 e. The second-order valence-corrected chi connectivity index (χ2v) is 17.1. The van der Waals surface area contributed by atoms with E-state index in [2.05, 4.69) is 35.9 Å². The van der Waals surface area contributed by atoms with Crippen LogP contribution in [0.25, 0.3) is 11.3 Å². The Balaban J connectivity index is 0.823. The number of anilines is 1. The Morgan fingerprint density at radius 1 is 0.710 bits per heavy atom. The van der Waals surface area contributed by atoms with Gasteiger partial charge in [-0.1, -0.05) is 60.7 Å². The molecule has 2 saturated carbocycles. The largest absolute Gasteiger partial charge is 0.367 e. The zero-order chi connectivity index (χ0) is 42.9. The van der Waals surface area contributed by atoms with Gasteiger partial charge in [0.05, 0.1) is 24.0 Å². The van der Waals surface area contributed by atoms with E-state index in [0.29, 0.717) is 72.9 Å². The zero-order valence-corrected chi connectivity index (χ0v) is 34.6. The molecule has 9 rings (SSSR count). The van der Waals surface area contributed by atoms with Crippen LogP contribution in [0.1, 0.15) is 117 Å². The molecule has 0 radical (unpaired) electrons. The summed E-state index contributed by atoms with van der Waals surface area (Å²) in [6.45, 7) is 3.16. The van der Waals surface area contributed by atoms with Gasteiger partial charge >= 0.3 is 0 Å². The van der Waals surface area contributed by atoms with Crippen LogP contribution < -0.4 is 20.9 Å². The molecule has 2 saturated heterocycles. The first kappa shape index (κ1) is 41.0. The molecule has 0 unspecified atom stereocenters. The summed E-state index contributed by atoms with van der Waals surface area (Å²) < 4.78 is 31.8. The van der Waals surface area contributed by atoms with Gasteiger partial charge in [0.2, 0.25) is 23.6 Å². The van der Waals surface area contributed by atoms with Crippen LogP contribution in [0, 0.1) is 23.5 Å². The van der Waals surface area contributed by atoms with Crippen molar-refractivity contribution < 1.29 is 28.0 Å². The number of benzene rings is 3. The average Bonchev–Trinajstić information content (AvgIpc) is 4.16. The van der Waals surface area contributed by atoms with Crippen molar-refractivity contribution in [2.24, 2.45) is 11.8 Å². The van der Waals surface area contributed by atoms with E-state index >= 15 is 8.78 Å². The van der Waals surface area contributed by atoms with E-state index in [1.54, 1.807) is 22.2 Å². The zero-order valence-electron chi connectivity index (χ0n) is 34.6. The number of likely N-dealkylation sites (tertiary alicyclic amines) is 1. The van der Waals surface area contributed by atoms with E-state index in [1.165, 1.54) is 12.1 Å². The molecule has 2 aliphatic heterocycles. The molecule has 2 aliphatic carbocycles. The van der Waals surface area contributed by atoms with Gasteiger partial charge in [0.1, 0.15) is 41.1 Å². The number of nitrogens with zero attached hydrogens (tertiary/aromatic N) is 4. The minimum Gasteiger partial charge on any atom is -0.367 e. The Kier molecular flexibility index (Phi) is 11.6. The first-order chi connectivity index (χ1) is 30.1. The van der Waals surface area contributed by atoms with Crippen molar-refractivity contribution in [3.63, 3.8) is 0 Å². The van der Waals surface area contributed by atoms with Gasteiger partial charge in [-0.25, -0.2) is 18.7 Å². The molecule has 4 heterocycles. The van der Waals surface area contributed by atoms with Crippen LogP contribution in [-0.4, -0.2) is 68.1 Å². The van der Waals surface area contributed by atoms with E-state index < -0.39 is 29.8 Å². The van der Waals surface area contributed by atoms with Crippen LogP contribution in [-0.2, 0) is 19.2 Å². The number of nitrogens with one attached hydrogen (secondary N) is 5. The molecule has 5 N–H and O–H groups in total. The highest BCUT2D eigenvalue weighted by molar-refractivity contribution is 5.91. The minimum atomic E-state index is -0.829. The van der Waals surface area contributed by atoms with Crippen molar-refractivity contribution in [3.05, 3.63) is 125 Å². The molecule has 0 bridgehead atoms. The number of rotatable bonds is 14. The van der Waals surface area contributed by atoms with Gasteiger partial charge in [-0.05, 0) is 81.5 Å². The predicted octanol–water partition coefficient (Wildman–Crippen LogP) is 6.84. The molecule has 5 aromatic rings. The van der Waals surface area contributed by atoms with Crippen molar-refractivity contribution >= 4 is 29.3 Å². The van der Waals surface area contributed by atoms with Crippen molar-refractivity contribution in [2.75, 3.05) is 24.5 Å². The SMILES string of the molecule is C[C@H](NC(=O)[C@H](NC(=O)C1CC1)c1ccccc1)c1ncc(C2CCN(c3c(F)cc(-c4cnc([C@@H]5CCCN5C(=O)[C@H](NC(=O)C5CC5)c5ccccc5)[nH]4)cc3F)CC2)[nH]1. The fourth-order valence-corrected chi connectivity index (χ4v) is 8.80. The summed E-state index contributed by atoms with van der Waals surface area (Å²) in [6, 6.07) is 18.5. The first-order valence-electron chi connectivity index (χ1n) is 21.8. The summed E-state index contributed by atoms with van der Waals surface area (Å²) in [7, 11) is 0. The van der Waals surface area contributed by atoms with Crippen molar-refractivity contribution in [1.82, 2.24) is 40.8 Å². The van der Waals surface area contributed by atoms with Crippen LogP contribution in [0.4, 0.5) is 14.5 Å². The fraction of sp³-hybridized carbons (Fsp3) is 0.404.